The van der Waals surface area contributed by atoms with Gasteiger partial charge in [0.25, 0.3) is 0 Å². The van der Waals surface area contributed by atoms with Crippen molar-refractivity contribution in [1.29, 1.82) is 0 Å². The summed E-state index contributed by atoms with van der Waals surface area (Å²) in [6.07, 6.45) is 5.72. The summed E-state index contributed by atoms with van der Waals surface area (Å²) in [6.45, 7) is 1.37. The molecule has 8 rings (SSSR count). The first-order chi connectivity index (χ1) is 15.8. The number of rotatable bonds is 0. The van der Waals surface area contributed by atoms with Crippen LogP contribution >= 0.6 is 0 Å². The van der Waals surface area contributed by atoms with E-state index in [1.807, 2.05) is 0 Å². The van der Waals surface area contributed by atoms with Crippen molar-refractivity contribution in [3.63, 3.8) is 0 Å². The number of benzene rings is 4. The van der Waals surface area contributed by atoms with Crippen LogP contribution in [0.1, 0.15) is 66.2 Å². The molecule has 1 spiro atoms. The van der Waals surface area contributed by atoms with Crippen LogP contribution in [0.5, 0.6) is 0 Å². The maximum Gasteiger partial charge on any atom is 0.168 e. The normalized spacial score (nSPS) is 24.0. The number of fused-ring (bicyclic) bond motifs is 4. The van der Waals surface area contributed by atoms with Crippen LogP contribution in [0.4, 0.5) is 0 Å². The van der Waals surface area contributed by atoms with Gasteiger partial charge >= 0.3 is 0 Å². The summed E-state index contributed by atoms with van der Waals surface area (Å²) in [5.74, 6) is 0.0782. The van der Waals surface area contributed by atoms with Crippen molar-refractivity contribution < 1.29 is 9.47 Å². The van der Waals surface area contributed by atoms with Gasteiger partial charge in [0, 0.05) is 24.7 Å². The molecule has 4 aromatic carbocycles. The summed E-state index contributed by atoms with van der Waals surface area (Å²) in [7, 11) is 0. The van der Waals surface area contributed by atoms with Gasteiger partial charge in [-0.1, -0.05) is 79.2 Å². The van der Waals surface area contributed by atoms with Crippen LogP contribution < -0.4 is 0 Å². The van der Waals surface area contributed by atoms with Crippen LogP contribution in [0, 0.1) is 0 Å². The zero-order chi connectivity index (χ0) is 21.1. The first-order valence-corrected chi connectivity index (χ1v) is 12.1. The fourth-order valence-electron chi connectivity index (χ4n) is 6.34. The molecule has 0 unspecified atom stereocenters. The third-order valence-electron chi connectivity index (χ3n) is 8.05. The van der Waals surface area contributed by atoms with Gasteiger partial charge in [-0.2, -0.15) is 0 Å². The van der Waals surface area contributed by atoms with E-state index in [0.29, 0.717) is 13.2 Å². The third kappa shape index (κ3) is 2.86. The van der Waals surface area contributed by atoms with Gasteiger partial charge in [0.1, 0.15) is 0 Å². The molecule has 2 bridgehead atoms. The maximum atomic E-state index is 6.74. The van der Waals surface area contributed by atoms with Gasteiger partial charge in [0.15, 0.2) is 5.79 Å². The highest BCUT2D eigenvalue weighted by Gasteiger charge is 2.41. The number of ether oxygens (including phenoxy) is 2. The van der Waals surface area contributed by atoms with Crippen molar-refractivity contribution in [2.75, 3.05) is 13.2 Å². The Morgan fingerprint density at radius 2 is 0.906 bits per heavy atom. The zero-order valence-electron chi connectivity index (χ0n) is 18.3. The van der Waals surface area contributed by atoms with Crippen molar-refractivity contribution in [3.8, 4) is 0 Å². The van der Waals surface area contributed by atoms with E-state index in [1.165, 1.54) is 63.1 Å². The van der Waals surface area contributed by atoms with E-state index < -0.39 is 5.79 Å². The van der Waals surface area contributed by atoms with Gasteiger partial charge < -0.3 is 9.47 Å². The molecule has 0 N–H and O–H groups in total. The summed E-state index contributed by atoms with van der Waals surface area (Å²) in [6, 6.07) is 27.2. The average Bonchev–Trinajstić information content (AvgIpc) is 2.94. The van der Waals surface area contributed by atoms with E-state index in [0.717, 1.165) is 12.8 Å². The molecule has 0 atom stereocenters. The fraction of sp³-hybridized carbons (Fsp3) is 0.333. The van der Waals surface area contributed by atoms with Crippen LogP contribution in [0.3, 0.4) is 0 Å². The summed E-state index contributed by atoms with van der Waals surface area (Å²) in [5, 5.41) is 5.25. The lowest BCUT2D eigenvalue weighted by Gasteiger charge is -2.37. The highest BCUT2D eigenvalue weighted by Crippen LogP contribution is 2.49. The van der Waals surface area contributed by atoms with Gasteiger partial charge in [0.2, 0.25) is 0 Å². The molecule has 0 saturated heterocycles. The second-order valence-electron chi connectivity index (χ2n) is 9.86. The molecule has 4 aromatic rings. The van der Waals surface area contributed by atoms with E-state index >= 15 is 0 Å². The molecule has 0 radical (unpaired) electrons. The van der Waals surface area contributed by atoms with Crippen LogP contribution in [-0.2, 0) is 9.47 Å². The van der Waals surface area contributed by atoms with Gasteiger partial charge in [-0.15, -0.1) is 0 Å². The lowest BCUT2D eigenvalue weighted by Crippen LogP contribution is -2.39. The Hall–Kier alpha value is -2.68. The number of hydrogen-bond donors (Lipinski definition) is 0. The first kappa shape index (κ1) is 18.8. The second-order valence-corrected chi connectivity index (χ2v) is 9.86. The summed E-state index contributed by atoms with van der Waals surface area (Å²) in [5.41, 5.74) is 5.70. The van der Waals surface area contributed by atoms with Gasteiger partial charge in [-0.3, -0.25) is 0 Å². The quantitative estimate of drug-likeness (QED) is 0.298. The van der Waals surface area contributed by atoms with Crippen LogP contribution in [0.15, 0.2) is 72.8 Å². The Bertz CT molecular complexity index is 1150. The van der Waals surface area contributed by atoms with Crippen molar-refractivity contribution in [1.82, 2.24) is 0 Å². The predicted molar refractivity (Wildman–Crippen MR) is 129 cm³/mol. The van der Waals surface area contributed by atoms with Crippen LogP contribution in [-0.4, -0.2) is 19.0 Å². The van der Waals surface area contributed by atoms with Gasteiger partial charge in [-0.25, -0.2) is 0 Å². The largest absolute Gasteiger partial charge is 0.349 e. The molecule has 2 heteroatoms. The fourth-order valence-corrected chi connectivity index (χ4v) is 6.34. The lowest BCUT2D eigenvalue weighted by atomic mass is 9.71. The average molecular weight is 421 g/mol. The Labute approximate surface area is 189 Å². The summed E-state index contributed by atoms with van der Waals surface area (Å²) < 4.78 is 13.5. The predicted octanol–water partition coefficient (Wildman–Crippen LogP) is 7.28. The van der Waals surface area contributed by atoms with E-state index in [4.69, 9.17) is 9.47 Å². The second kappa shape index (κ2) is 7.16. The monoisotopic (exact) mass is 420 g/mol. The molecule has 160 valence electrons. The minimum Gasteiger partial charge on any atom is -0.349 e. The minimum absolute atomic E-state index is 0.242. The highest BCUT2D eigenvalue weighted by molar-refractivity contribution is 5.88. The van der Waals surface area contributed by atoms with Crippen molar-refractivity contribution in [2.45, 2.75) is 49.7 Å². The van der Waals surface area contributed by atoms with Crippen molar-refractivity contribution >= 4 is 21.5 Å². The van der Waals surface area contributed by atoms with E-state index in [-0.39, 0.29) is 11.8 Å². The molecule has 0 aromatic heterocycles. The first-order valence-electron chi connectivity index (χ1n) is 12.1. The molecule has 1 fully saturated rings. The molecule has 2 aliphatic carbocycles. The van der Waals surface area contributed by atoms with Crippen molar-refractivity contribution in [3.05, 3.63) is 95.1 Å². The molecule has 2 heterocycles. The number of hydrogen-bond acceptors (Lipinski definition) is 2. The minimum atomic E-state index is -0.405. The van der Waals surface area contributed by atoms with E-state index in [1.54, 1.807) is 0 Å². The smallest absolute Gasteiger partial charge is 0.168 e. The molecule has 0 amide bonds. The molecular weight excluding hydrogens is 392 g/mol. The molecule has 32 heavy (non-hydrogen) atoms. The standard InChI is InChI=1S/C30H28O2/c1-6-12-30(13-7-1)31-18-28-24-14-20-8-2-3-9-21(20)15-25(24)29(19-32-30)27-17-23-11-5-4-10-22(23)16-26(27)28/h2-5,8-11,14-17,28-29H,1,6-7,12-13,18-19H2. The van der Waals surface area contributed by atoms with Crippen LogP contribution in [0.2, 0.25) is 0 Å². The zero-order valence-corrected chi connectivity index (χ0v) is 18.3. The van der Waals surface area contributed by atoms with E-state index in [9.17, 15) is 0 Å². The Kier molecular flexibility index (Phi) is 4.22. The molecule has 4 aliphatic rings. The summed E-state index contributed by atoms with van der Waals surface area (Å²) in [4.78, 5) is 0. The van der Waals surface area contributed by atoms with Crippen LogP contribution in [0.25, 0.3) is 21.5 Å². The Morgan fingerprint density at radius 1 is 0.531 bits per heavy atom. The third-order valence-corrected chi connectivity index (χ3v) is 8.05. The van der Waals surface area contributed by atoms with Gasteiger partial charge in [-0.05, 0) is 56.6 Å². The highest BCUT2D eigenvalue weighted by atomic mass is 16.7. The molecule has 1 saturated carbocycles. The topological polar surface area (TPSA) is 18.5 Å². The molecular formula is C30H28O2. The van der Waals surface area contributed by atoms with Gasteiger partial charge in [0.05, 0.1) is 13.2 Å². The Morgan fingerprint density at radius 3 is 1.28 bits per heavy atom. The SMILES string of the molecule is c1ccc2cc3c(cc2c1)C1COC2(CCCCC2)OCC3c2cc3ccccc3cc21. The van der Waals surface area contributed by atoms with Crippen molar-refractivity contribution in [2.24, 2.45) is 0 Å². The molecule has 2 aliphatic heterocycles. The Balaban J connectivity index is 1.47. The molecule has 2 nitrogen and oxygen atoms in total. The maximum absolute atomic E-state index is 6.74. The summed E-state index contributed by atoms with van der Waals surface area (Å²) >= 11 is 0. The van der Waals surface area contributed by atoms with E-state index in [2.05, 4.69) is 72.8 Å². The lowest BCUT2D eigenvalue weighted by molar-refractivity contribution is -0.252.